The van der Waals surface area contributed by atoms with Gasteiger partial charge in [0.25, 0.3) is 0 Å². The predicted molar refractivity (Wildman–Crippen MR) is 93.5 cm³/mol. The van der Waals surface area contributed by atoms with E-state index in [1.54, 1.807) is 0 Å². The van der Waals surface area contributed by atoms with Gasteiger partial charge < -0.3 is 16.4 Å². The largest absolute Gasteiger partial charge is 0.380 e. The number of hydrogen-bond donors (Lipinski definition) is 3. The summed E-state index contributed by atoms with van der Waals surface area (Å²) in [7, 11) is 0. The molecule has 122 valence electrons. The maximum Gasteiger partial charge on any atom is 0.249 e. The van der Waals surface area contributed by atoms with Gasteiger partial charge in [-0.15, -0.1) is 0 Å². The van der Waals surface area contributed by atoms with Crippen molar-refractivity contribution in [2.75, 3.05) is 18.4 Å². The second-order valence-electron chi connectivity index (χ2n) is 7.32. The zero-order chi connectivity index (χ0) is 16.0. The van der Waals surface area contributed by atoms with Gasteiger partial charge >= 0.3 is 0 Å². The van der Waals surface area contributed by atoms with E-state index in [-0.39, 0.29) is 5.91 Å². The van der Waals surface area contributed by atoms with Gasteiger partial charge in [0.1, 0.15) is 0 Å². The fourth-order valence-corrected chi connectivity index (χ4v) is 4.43. The molecule has 1 aliphatic heterocycles. The first kappa shape index (κ1) is 14.8. The third-order valence-electron chi connectivity index (χ3n) is 5.60. The van der Waals surface area contributed by atoms with Gasteiger partial charge in [-0.1, -0.05) is 12.5 Å². The van der Waals surface area contributed by atoms with E-state index in [1.165, 1.54) is 28.8 Å². The Morgan fingerprint density at radius 3 is 2.96 bits per heavy atom. The third-order valence-corrected chi connectivity index (χ3v) is 5.60. The lowest BCUT2D eigenvalue weighted by atomic mass is 9.85. The minimum Gasteiger partial charge on any atom is -0.380 e. The normalized spacial score (nSPS) is 26.1. The van der Waals surface area contributed by atoms with Crippen LogP contribution in [0.25, 0.3) is 5.57 Å². The molecule has 4 N–H and O–H groups in total. The van der Waals surface area contributed by atoms with Gasteiger partial charge in [-0.25, -0.2) is 0 Å². The highest BCUT2D eigenvalue weighted by molar-refractivity contribution is 5.99. The molecule has 2 aliphatic carbocycles. The topological polar surface area (TPSA) is 67.2 Å². The number of fused-ring (bicyclic) bond motifs is 2. The van der Waals surface area contributed by atoms with Crippen molar-refractivity contribution in [3.8, 4) is 0 Å². The molecular formula is C19H25N3O. The maximum atomic E-state index is 11.9. The van der Waals surface area contributed by atoms with E-state index >= 15 is 0 Å². The Bertz CT molecular complexity index is 686. The Balaban J connectivity index is 1.76. The Hall–Kier alpha value is -1.81. The van der Waals surface area contributed by atoms with Gasteiger partial charge in [0.2, 0.25) is 5.91 Å². The second-order valence-corrected chi connectivity index (χ2v) is 7.32. The number of rotatable bonds is 3. The van der Waals surface area contributed by atoms with Crippen molar-refractivity contribution >= 4 is 17.2 Å². The molecule has 0 spiro atoms. The second kappa shape index (κ2) is 5.68. The maximum absolute atomic E-state index is 11.9. The number of carbonyl (C=O) groups excluding carboxylic acids is 1. The lowest BCUT2D eigenvalue weighted by Crippen LogP contribution is -2.23. The number of hydrogen-bond acceptors (Lipinski definition) is 3. The lowest BCUT2D eigenvalue weighted by molar-refractivity contribution is 0.0999. The number of anilines is 1. The molecule has 1 fully saturated rings. The van der Waals surface area contributed by atoms with Crippen LogP contribution in [0.3, 0.4) is 0 Å². The summed E-state index contributed by atoms with van der Waals surface area (Å²) >= 11 is 0. The minimum absolute atomic E-state index is 0.303. The highest BCUT2D eigenvalue weighted by atomic mass is 16.1. The summed E-state index contributed by atoms with van der Waals surface area (Å²) in [6, 6.07) is 4.45. The number of benzene rings is 1. The average Bonchev–Trinajstić information content (AvgIpc) is 3.13. The van der Waals surface area contributed by atoms with Crippen molar-refractivity contribution in [1.29, 1.82) is 0 Å². The fraction of sp³-hybridized carbons (Fsp3) is 0.526. The monoisotopic (exact) mass is 311 g/mol. The standard InChI is InChI=1S/C19H25N3O/c1-11-2-3-14-12(8-11)9-16-15(19(20)23)4-5-17(18(14)16)22-13-6-7-21-10-13/h4-5,11,13,21-22H,2-3,6-10H2,1H3,(H2,20,23)/t11?,13-/m0/s1. The van der Waals surface area contributed by atoms with Crippen LogP contribution in [0.4, 0.5) is 5.69 Å². The molecule has 0 bridgehead atoms. The first-order valence-corrected chi connectivity index (χ1v) is 8.77. The number of primary amides is 1. The van der Waals surface area contributed by atoms with Gasteiger partial charge in [0.15, 0.2) is 0 Å². The Labute approximate surface area is 137 Å². The SMILES string of the molecule is CC1CCC2=C(Cc3c(C(N)=O)ccc(N[C@H]4CCNC4)c32)C1. The minimum atomic E-state index is -0.303. The quantitative estimate of drug-likeness (QED) is 0.804. The zero-order valence-electron chi connectivity index (χ0n) is 13.7. The van der Waals surface area contributed by atoms with Gasteiger partial charge in [0, 0.05) is 29.4 Å². The van der Waals surface area contributed by atoms with E-state index in [2.05, 4.69) is 23.6 Å². The molecule has 1 aromatic carbocycles. The number of nitrogens with one attached hydrogen (secondary N) is 2. The van der Waals surface area contributed by atoms with E-state index in [9.17, 15) is 4.79 Å². The zero-order valence-corrected chi connectivity index (χ0v) is 13.7. The van der Waals surface area contributed by atoms with Crippen LogP contribution in [-0.2, 0) is 6.42 Å². The summed E-state index contributed by atoms with van der Waals surface area (Å²) in [6.07, 6.45) is 5.58. The van der Waals surface area contributed by atoms with Crippen LogP contribution >= 0.6 is 0 Å². The number of carbonyl (C=O) groups is 1. The molecule has 4 rings (SSSR count). The van der Waals surface area contributed by atoms with Crippen LogP contribution in [0.15, 0.2) is 17.7 Å². The van der Waals surface area contributed by atoms with Crippen molar-refractivity contribution in [2.24, 2.45) is 11.7 Å². The molecule has 0 saturated carbocycles. The Morgan fingerprint density at radius 2 is 2.22 bits per heavy atom. The van der Waals surface area contributed by atoms with E-state index < -0.39 is 0 Å². The summed E-state index contributed by atoms with van der Waals surface area (Å²) < 4.78 is 0. The van der Waals surface area contributed by atoms with Crippen LogP contribution < -0.4 is 16.4 Å². The van der Waals surface area contributed by atoms with Gasteiger partial charge in [-0.2, -0.15) is 0 Å². The summed E-state index contributed by atoms with van der Waals surface area (Å²) in [5, 5.41) is 7.11. The molecule has 1 unspecified atom stereocenters. The molecular weight excluding hydrogens is 286 g/mol. The Morgan fingerprint density at radius 1 is 1.35 bits per heavy atom. The first-order valence-electron chi connectivity index (χ1n) is 8.77. The number of nitrogens with two attached hydrogens (primary N) is 1. The first-order chi connectivity index (χ1) is 11.1. The molecule has 1 heterocycles. The highest BCUT2D eigenvalue weighted by Crippen LogP contribution is 2.47. The van der Waals surface area contributed by atoms with Crippen LogP contribution in [0, 0.1) is 5.92 Å². The van der Waals surface area contributed by atoms with Gasteiger partial charge in [-0.05, 0) is 67.8 Å². The van der Waals surface area contributed by atoms with Crippen molar-refractivity contribution in [2.45, 2.75) is 45.1 Å². The molecule has 1 amide bonds. The summed E-state index contributed by atoms with van der Waals surface area (Å²) in [4.78, 5) is 11.9. The average molecular weight is 311 g/mol. The van der Waals surface area contributed by atoms with E-state index in [4.69, 9.17) is 5.73 Å². The van der Waals surface area contributed by atoms with Crippen LogP contribution in [0.2, 0.25) is 0 Å². The van der Waals surface area contributed by atoms with Crippen LogP contribution in [-0.4, -0.2) is 25.0 Å². The van der Waals surface area contributed by atoms with Gasteiger partial charge in [-0.3, -0.25) is 4.79 Å². The lowest BCUT2D eigenvalue weighted by Gasteiger charge is -2.23. The van der Waals surface area contributed by atoms with E-state index in [0.717, 1.165) is 50.3 Å². The molecule has 4 heteroatoms. The predicted octanol–water partition coefficient (Wildman–Crippen LogP) is 2.69. The molecule has 23 heavy (non-hydrogen) atoms. The van der Waals surface area contributed by atoms with Crippen molar-refractivity contribution in [3.63, 3.8) is 0 Å². The van der Waals surface area contributed by atoms with Crippen molar-refractivity contribution in [1.82, 2.24) is 5.32 Å². The van der Waals surface area contributed by atoms with E-state index in [1.807, 2.05) is 6.07 Å². The third kappa shape index (κ3) is 2.55. The number of amides is 1. The van der Waals surface area contributed by atoms with Crippen molar-refractivity contribution in [3.05, 3.63) is 34.4 Å². The van der Waals surface area contributed by atoms with Crippen LogP contribution in [0.5, 0.6) is 0 Å². The fourth-order valence-electron chi connectivity index (χ4n) is 4.43. The molecule has 2 atom stereocenters. The Kier molecular flexibility index (Phi) is 3.64. The molecule has 0 aromatic heterocycles. The smallest absolute Gasteiger partial charge is 0.249 e. The van der Waals surface area contributed by atoms with Gasteiger partial charge in [0.05, 0.1) is 0 Å². The summed E-state index contributed by atoms with van der Waals surface area (Å²) in [5.74, 6) is 0.443. The molecule has 1 saturated heterocycles. The van der Waals surface area contributed by atoms with E-state index in [0.29, 0.717) is 11.6 Å². The molecule has 1 aromatic rings. The van der Waals surface area contributed by atoms with Crippen molar-refractivity contribution < 1.29 is 4.79 Å². The highest BCUT2D eigenvalue weighted by Gasteiger charge is 2.31. The molecule has 3 aliphatic rings. The summed E-state index contributed by atoms with van der Waals surface area (Å²) in [6.45, 7) is 4.41. The van der Waals surface area contributed by atoms with Crippen LogP contribution in [0.1, 0.15) is 54.1 Å². The molecule has 0 radical (unpaired) electrons. The number of allylic oxidation sites excluding steroid dienone is 2. The molecule has 4 nitrogen and oxygen atoms in total. The summed E-state index contributed by atoms with van der Waals surface area (Å²) in [5.41, 5.74) is 13.0.